The standard InChI is InChI=1S/C8H7NO2/c1-11-8(10)5-4-7-3-2-6-9-7/h2-3,6,9H,1H3. The second-order valence-corrected chi connectivity index (χ2v) is 1.83. The van der Waals surface area contributed by atoms with E-state index in [-0.39, 0.29) is 0 Å². The molecule has 0 aliphatic heterocycles. The van der Waals surface area contributed by atoms with Gasteiger partial charge in [-0.3, -0.25) is 0 Å². The van der Waals surface area contributed by atoms with E-state index >= 15 is 0 Å². The first-order chi connectivity index (χ1) is 5.33. The van der Waals surface area contributed by atoms with Crippen molar-refractivity contribution in [2.75, 3.05) is 7.11 Å². The molecule has 1 aromatic rings. The van der Waals surface area contributed by atoms with E-state index in [0.29, 0.717) is 5.69 Å². The van der Waals surface area contributed by atoms with Gasteiger partial charge in [0.2, 0.25) is 0 Å². The molecular weight excluding hydrogens is 142 g/mol. The first-order valence-corrected chi connectivity index (χ1v) is 3.06. The van der Waals surface area contributed by atoms with Gasteiger partial charge in [0.1, 0.15) is 0 Å². The van der Waals surface area contributed by atoms with Crippen molar-refractivity contribution in [3.05, 3.63) is 24.0 Å². The zero-order valence-corrected chi connectivity index (χ0v) is 6.05. The van der Waals surface area contributed by atoms with Crippen LogP contribution in [0.4, 0.5) is 0 Å². The van der Waals surface area contributed by atoms with Crippen LogP contribution in [0.3, 0.4) is 0 Å². The number of H-pyrrole nitrogens is 1. The third-order valence-corrected chi connectivity index (χ3v) is 1.08. The molecule has 0 amide bonds. The summed E-state index contributed by atoms with van der Waals surface area (Å²) in [6, 6.07) is 3.58. The number of ether oxygens (including phenoxy) is 1. The van der Waals surface area contributed by atoms with Crippen LogP contribution in [-0.2, 0) is 9.53 Å². The van der Waals surface area contributed by atoms with Gasteiger partial charge in [0.05, 0.1) is 12.8 Å². The molecule has 0 unspecified atom stereocenters. The van der Waals surface area contributed by atoms with Crippen LogP contribution in [0.1, 0.15) is 5.69 Å². The van der Waals surface area contributed by atoms with E-state index in [0.717, 1.165) is 0 Å². The molecule has 0 aromatic carbocycles. The summed E-state index contributed by atoms with van der Waals surface area (Å²) in [5.41, 5.74) is 0.704. The van der Waals surface area contributed by atoms with Crippen molar-refractivity contribution in [2.45, 2.75) is 0 Å². The molecule has 1 heterocycles. The molecule has 0 bridgehead atoms. The molecular formula is C8H7NO2. The Morgan fingerprint density at radius 2 is 2.55 bits per heavy atom. The number of rotatable bonds is 0. The zero-order valence-electron chi connectivity index (χ0n) is 6.05. The van der Waals surface area contributed by atoms with Crippen LogP contribution in [0.2, 0.25) is 0 Å². The third kappa shape index (κ3) is 2.18. The first kappa shape index (κ1) is 7.42. The Morgan fingerprint density at radius 3 is 3.09 bits per heavy atom. The molecule has 0 saturated carbocycles. The number of methoxy groups -OCH3 is 1. The summed E-state index contributed by atoms with van der Waals surface area (Å²) in [6.45, 7) is 0. The molecule has 3 heteroatoms. The van der Waals surface area contributed by atoms with Gasteiger partial charge in [-0.1, -0.05) is 0 Å². The predicted molar refractivity (Wildman–Crippen MR) is 39.7 cm³/mol. The lowest BCUT2D eigenvalue weighted by molar-refractivity contribution is -0.133. The minimum absolute atomic E-state index is 0.528. The minimum atomic E-state index is -0.528. The Morgan fingerprint density at radius 1 is 1.73 bits per heavy atom. The number of carbonyl (C=O) groups is 1. The molecule has 3 nitrogen and oxygen atoms in total. The van der Waals surface area contributed by atoms with Crippen LogP contribution in [0.25, 0.3) is 0 Å². The number of aromatic nitrogens is 1. The Labute approximate surface area is 64.4 Å². The summed E-state index contributed by atoms with van der Waals surface area (Å²) < 4.78 is 4.32. The van der Waals surface area contributed by atoms with E-state index in [1.165, 1.54) is 7.11 Å². The van der Waals surface area contributed by atoms with Crippen LogP contribution in [0.5, 0.6) is 0 Å². The quantitative estimate of drug-likeness (QED) is 0.432. The molecule has 0 radical (unpaired) electrons. The summed E-state index contributed by atoms with van der Waals surface area (Å²) in [5.74, 6) is 4.36. The highest BCUT2D eigenvalue weighted by atomic mass is 16.5. The third-order valence-electron chi connectivity index (χ3n) is 1.08. The molecule has 0 aliphatic rings. The first-order valence-electron chi connectivity index (χ1n) is 3.06. The van der Waals surface area contributed by atoms with Crippen molar-refractivity contribution in [2.24, 2.45) is 0 Å². The predicted octanol–water partition coefficient (Wildman–Crippen LogP) is 0.539. The minimum Gasteiger partial charge on any atom is -0.459 e. The van der Waals surface area contributed by atoms with E-state index in [1.807, 2.05) is 0 Å². The van der Waals surface area contributed by atoms with Gasteiger partial charge in [0.25, 0.3) is 0 Å². The number of nitrogens with one attached hydrogen (secondary N) is 1. The average molecular weight is 149 g/mol. The van der Waals surface area contributed by atoms with Crippen LogP contribution >= 0.6 is 0 Å². The molecule has 0 aliphatic carbocycles. The molecule has 1 aromatic heterocycles. The Balaban J connectivity index is 2.66. The molecule has 0 spiro atoms. The summed E-state index contributed by atoms with van der Waals surface area (Å²) in [6.07, 6.45) is 1.74. The normalized spacial score (nSPS) is 8.09. The fourth-order valence-electron chi connectivity index (χ4n) is 0.577. The van der Waals surface area contributed by atoms with Crippen molar-refractivity contribution >= 4 is 5.97 Å². The number of esters is 1. The maximum Gasteiger partial charge on any atom is 0.384 e. The molecule has 0 fully saturated rings. The van der Waals surface area contributed by atoms with Crippen molar-refractivity contribution in [3.8, 4) is 11.8 Å². The summed E-state index contributed by atoms with van der Waals surface area (Å²) in [7, 11) is 1.30. The van der Waals surface area contributed by atoms with Crippen molar-refractivity contribution in [3.63, 3.8) is 0 Å². The lowest BCUT2D eigenvalue weighted by Crippen LogP contribution is -1.94. The van der Waals surface area contributed by atoms with Crippen LogP contribution in [0, 0.1) is 11.8 Å². The fourth-order valence-corrected chi connectivity index (χ4v) is 0.577. The number of aromatic amines is 1. The van der Waals surface area contributed by atoms with Gasteiger partial charge in [0.15, 0.2) is 0 Å². The average Bonchev–Trinajstić information content (AvgIpc) is 2.52. The molecule has 1 rings (SSSR count). The van der Waals surface area contributed by atoms with Gasteiger partial charge in [0, 0.05) is 12.1 Å². The number of carbonyl (C=O) groups excluding carboxylic acids is 1. The van der Waals surface area contributed by atoms with E-state index in [9.17, 15) is 4.79 Å². The zero-order chi connectivity index (χ0) is 8.10. The maximum atomic E-state index is 10.5. The fraction of sp³-hybridized carbons (Fsp3) is 0.125. The van der Waals surface area contributed by atoms with Crippen molar-refractivity contribution in [1.29, 1.82) is 0 Å². The van der Waals surface area contributed by atoms with E-state index < -0.39 is 5.97 Å². The van der Waals surface area contributed by atoms with Gasteiger partial charge in [-0.2, -0.15) is 0 Å². The smallest absolute Gasteiger partial charge is 0.384 e. The SMILES string of the molecule is COC(=O)C#Cc1ccc[nH]1. The summed E-state index contributed by atoms with van der Waals surface area (Å²) >= 11 is 0. The summed E-state index contributed by atoms with van der Waals surface area (Å²) in [4.78, 5) is 13.3. The highest BCUT2D eigenvalue weighted by Crippen LogP contribution is 1.89. The van der Waals surface area contributed by atoms with Gasteiger partial charge < -0.3 is 9.72 Å². The highest BCUT2D eigenvalue weighted by Gasteiger charge is 1.89. The molecule has 0 atom stereocenters. The van der Waals surface area contributed by atoms with Crippen molar-refractivity contribution < 1.29 is 9.53 Å². The Hall–Kier alpha value is -1.69. The van der Waals surface area contributed by atoms with Crippen molar-refractivity contribution in [1.82, 2.24) is 4.98 Å². The van der Waals surface area contributed by atoms with E-state index in [4.69, 9.17) is 0 Å². The summed E-state index contributed by atoms with van der Waals surface area (Å²) in [5, 5.41) is 0. The largest absolute Gasteiger partial charge is 0.459 e. The lowest BCUT2D eigenvalue weighted by Gasteiger charge is -1.83. The number of hydrogen-bond donors (Lipinski definition) is 1. The van der Waals surface area contributed by atoms with E-state index in [2.05, 4.69) is 21.6 Å². The topological polar surface area (TPSA) is 42.1 Å². The Bertz CT molecular complexity index is 290. The van der Waals surface area contributed by atoms with Gasteiger partial charge in [-0.25, -0.2) is 4.79 Å². The molecule has 11 heavy (non-hydrogen) atoms. The van der Waals surface area contributed by atoms with Crippen LogP contribution < -0.4 is 0 Å². The molecule has 0 saturated heterocycles. The monoisotopic (exact) mass is 149 g/mol. The van der Waals surface area contributed by atoms with Gasteiger partial charge in [-0.05, 0) is 18.1 Å². The molecule has 1 N–H and O–H groups in total. The lowest BCUT2D eigenvalue weighted by atomic mass is 10.4. The van der Waals surface area contributed by atoms with Crippen LogP contribution in [0.15, 0.2) is 18.3 Å². The second-order valence-electron chi connectivity index (χ2n) is 1.83. The van der Waals surface area contributed by atoms with E-state index in [1.54, 1.807) is 18.3 Å². The number of hydrogen-bond acceptors (Lipinski definition) is 2. The Kier molecular flexibility index (Phi) is 2.34. The molecule has 56 valence electrons. The maximum absolute atomic E-state index is 10.5. The highest BCUT2D eigenvalue weighted by molar-refractivity contribution is 5.88. The second kappa shape index (κ2) is 3.47. The van der Waals surface area contributed by atoms with Gasteiger partial charge in [-0.15, -0.1) is 0 Å². The van der Waals surface area contributed by atoms with Crippen LogP contribution in [-0.4, -0.2) is 18.1 Å². The van der Waals surface area contributed by atoms with Gasteiger partial charge >= 0.3 is 5.97 Å².